The Bertz CT molecular complexity index is 649. The summed E-state index contributed by atoms with van der Waals surface area (Å²) in [6.07, 6.45) is 0. The van der Waals surface area contributed by atoms with Crippen molar-refractivity contribution in [1.82, 2.24) is 0 Å². The predicted octanol–water partition coefficient (Wildman–Crippen LogP) is 5.06. The van der Waals surface area contributed by atoms with Gasteiger partial charge in [0.25, 0.3) is 0 Å². The molecule has 0 aliphatic carbocycles. The average Bonchev–Trinajstić information content (AvgIpc) is 2.42. The van der Waals surface area contributed by atoms with Gasteiger partial charge in [-0.3, -0.25) is 0 Å². The molecule has 0 fully saturated rings. The zero-order chi connectivity index (χ0) is 13.8. The molecule has 19 heavy (non-hydrogen) atoms. The minimum absolute atomic E-state index is 0.241. The number of hydrogen-bond donors (Lipinski definition) is 0. The molecule has 0 amide bonds. The Labute approximate surface area is 124 Å². The van der Waals surface area contributed by atoms with Crippen LogP contribution in [0.3, 0.4) is 0 Å². The second kappa shape index (κ2) is 6.23. The summed E-state index contributed by atoms with van der Waals surface area (Å²) >= 11 is 4.55. The minimum Gasteiger partial charge on any atom is -0.204 e. The Morgan fingerprint density at radius 3 is 2.68 bits per heavy atom. The molecule has 0 spiro atoms. The number of nitrogens with zero attached hydrogens (tertiary/aromatic N) is 1. The van der Waals surface area contributed by atoms with E-state index in [-0.39, 0.29) is 10.3 Å². The third-order valence-electron chi connectivity index (χ3n) is 2.81. The molecule has 0 saturated carbocycles. The highest BCUT2D eigenvalue weighted by atomic mass is 79.9. The van der Waals surface area contributed by atoms with E-state index in [1.165, 1.54) is 22.9 Å². The normalized spacial score (nSPS) is 10.2. The topological polar surface area (TPSA) is 23.8 Å². The van der Waals surface area contributed by atoms with Crippen LogP contribution in [0.15, 0.2) is 45.8 Å². The van der Waals surface area contributed by atoms with Crippen molar-refractivity contribution in [1.29, 1.82) is 5.26 Å². The first-order valence-electron chi connectivity index (χ1n) is 5.69. The number of thioether (sulfide) groups is 1. The summed E-state index contributed by atoms with van der Waals surface area (Å²) < 4.78 is 14.3. The van der Waals surface area contributed by atoms with E-state index in [1.54, 1.807) is 12.1 Å². The minimum atomic E-state index is -0.363. The standard InChI is InChI=1S/C15H11BrFNS/c1-10-4-2-3-5-12(10)9-19-13-7-6-11(8-18)14(16)15(13)17/h2-7H,9H2,1H3. The molecule has 96 valence electrons. The van der Waals surface area contributed by atoms with Gasteiger partial charge in [0.05, 0.1) is 10.0 Å². The summed E-state index contributed by atoms with van der Waals surface area (Å²) in [6.45, 7) is 2.04. The van der Waals surface area contributed by atoms with Gasteiger partial charge in [0, 0.05) is 10.6 Å². The van der Waals surface area contributed by atoms with Gasteiger partial charge in [-0.2, -0.15) is 5.26 Å². The van der Waals surface area contributed by atoms with Crippen LogP contribution >= 0.6 is 27.7 Å². The number of rotatable bonds is 3. The van der Waals surface area contributed by atoms with E-state index in [0.29, 0.717) is 16.2 Å². The Morgan fingerprint density at radius 2 is 2.00 bits per heavy atom. The maximum atomic E-state index is 14.0. The van der Waals surface area contributed by atoms with Crippen molar-refractivity contribution >= 4 is 27.7 Å². The van der Waals surface area contributed by atoms with E-state index in [4.69, 9.17) is 5.26 Å². The lowest BCUT2D eigenvalue weighted by Crippen LogP contribution is -1.90. The fourth-order valence-electron chi connectivity index (χ4n) is 1.66. The lowest BCUT2D eigenvalue weighted by molar-refractivity contribution is 0.594. The summed E-state index contributed by atoms with van der Waals surface area (Å²) in [5, 5.41) is 8.82. The molecule has 2 aromatic carbocycles. The number of halogens is 2. The largest absolute Gasteiger partial charge is 0.204 e. The highest BCUT2D eigenvalue weighted by Gasteiger charge is 2.11. The summed E-state index contributed by atoms with van der Waals surface area (Å²) in [4.78, 5) is 0.550. The molecule has 0 radical (unpaired) electrons. The number of aryl methyl sites for hydroxylation is 1. The molecule has 1 nitrogen and oxygen atoms in total. The van der Waals surface area contributed by atoms with Crippen molar-refractivity contribution in [2.75, 3.05) is 0 Å². The molecule has 2 rings (SSSR count). The molecule has 0 aromatic heterocycles. The number of nitriles is 1. The molecule has 0 unspecified atom stereocenters. The van der Waals surface area contributed by atoms with Gasteiger partial charge in [-0.05, 0) is 46.1 Å². The molecule has 0 atom stereocenters. The predicted molar refractivity (Wildman–Crippen MR) is 79.6 cm³/mol. The van der Waals surface area contributed by atoms with E-state index >= 15 is 0 Å². The monoisotopic (exact) mass is 335 g/mol. The fraction of sp³-hybridized carbons (Fsp3) is 0.133. The molecular weight excluding hydrogens is 325 g/mol. The van der Waals surface area contributed by atoms with Crippen LogP contribution in [0, 0.1) is 24.1 Å². The summed E-state index contributed by atoms with van der Waals surface area (Å²) in [7, 11) is 0. The third kappa shape index (κ3) is 3.17. The Hall–Kier alpha value is -1.31. The zero-order valence-electron chi connectivity index (χ0n) is 10.3. The van der Waals surface area contributed by atoms with Crippen LogP contribution in [0.5, 0.6) is 0 Å². The van der Waals surface area contributed by atoms with E-state index in [1.807, 2.05) is 37.3 Å². The number of hydrogen-bond acceptors (Lipinski definition) is 2. The van der Waals surface area contributed by atoms with E-state index in [2.05, 4.69) is 15.9 Å². The summed E-state index contributed by atoms with van der Waals surface area (Å²) in [6, 6.07) is 13.3. The van der Waals surface area contributed by atoms with E-state index in [9.17, 15) is 4.39 Å². The van der Waals surface area contributed by atoms with Crippen molar-refractivity contribution in [3.8, 4) is 6.07 Å². The first kappa shape index (κ1) is 14.1. The SMILES string of the molecule is Cc1ccccc1CSc1ccc(C#N)c(Br)c1F. The van der Waals surface area contributed by atoms with Crippen molar-refractivity contribution in [2.45, 2.75) is 17.6 Å². The first-order chi connectivity index (χ1) is 9.13. The van der Waals surface area contributed by atoms with Crippen LogP contribution in [0.1, 0.15) is 16.7 Å². The third-order valence-corrected chi connectivity index (χ3v) is 4.67. The van der Waals surface area contributed by atoms with Crippen LogP contribution in [-0.2, 0) is 5.75 Å². The van der Waals surface area contributed by atoms with Crippen molar-refractivity contribution < 1.29 is 4.39 Å². The Kier molecular flexibility index (Phi) is 4.62. The molecule has 4 heteroatoms. The molecule has 0 N–H and O–H groups in total. The van der Waals surface area contributed by atoms with Gasteiger partial charge < -0.3 is 0 Å². The van der Waals surface area contributed by atoms with Gasteiger partial charge in [0.1, 0.15) is 6.07 Å². The Balaban J connectivity index is 2.20. The molecule has 0 aliphatic heterocycles. The molecule has 0 heterocycles. The quantitative estimate of drug-likeness (QED) is 0.732. The molecule has 0 bridgehead atoms. The van der Waals surface area contributed by atoms with Crippen LogP contribution in [0.25, 0.3) is 0 Å². The molecule has 0 aliphatic rings. The van der Waals surface area contributed by atoms with Crippen molar-refractivity contribution in [3.05, 3.63) is 63.4 Å². The smallest absolute Gasteiger partial charge is 0.152 e. The lowest BCUT2D eigenvalue weighted by Gasteiger charge is -2.07. The first-order valence-corrected chi connectivity index (χ1v) is 7.46. The summed E-state index contributed by atoms with van der Waals surface area (Å²) in [5.74, 6) is 0.347. The van der Waals surface area contributed by atoms with E-state index in [0.717, 1.165) is 0 Å². The fourth-order valence-corrected chi connectivity index (χ4v) is 3.25. The van der Waals surface area contributed by atoms with Gasteiger partial charge in [0.15, 0.2) is 5.82 Å². The summed E-state index contributed by atoms with van der Waals surface area (Å²) in [5.41, 5.74) is 2.70. The second-order valence-corrected chi connectivity index (χ2v) is 5.88. The van der Waals surface area contributed by atoms with Crippen molar-refractivity contribution in [3.63, 3.8) is 0 Å². The average molecular weight is 336 g/mol. The van der Waals surface area contributed by atoms with Crippen LogP contribution in [0.2, 0.25) is 0 Å². The Morgan fingerprint density at radius 1 is 1.26 bits per heavy atom. The van der Waals surface area contributed by atoms with Gasteiger partial charge >= 0.3 is 0 Å². The highest BCUT2D eigenvalue weighted by molar-refractivity contribution is 9.10. The molecular formula is C15H11BrFNS. The maximum absolute atomic E-state index is 14.0. The highest BCUT2D eigenvalue weighted by Crippen LogP contribution is 2.32. The zero-order valence-corrected chi connectivity index (χ0v) is 12.7. The van der Waals surface area contributed by atoms with Crippen LogP contribution < -0.4 is 0 Å². The van der Waals surface area contributed by atoms with Gasteiger partial charge in [0.2, 0.25) is 0 Å². The van der Waals surface area contributed by atoms with Crippen LogP contribution in [0.4, 0.5) is 4.39 Å². The molecule has 2 aromatic rings. The van der Waals surface area contributed by atoms with E-state index < -0.39 is 0 Å². The van der Waals surface area contributed by atoms with Gasteiger partial charge in [-0.25, -0.2) is 4.39 Å². The maximum Gasteiger partial charge on any atom is 0.152 e. The second-order valence-electron chi connectivity index (χ2n) is 4.07. The van der Waals surface area contributed by atoms with Gasteiger partial charge in [-0.1, -0.05) is 24.3 Å². The lowest BCUT2D eigenvalue weighted by atomic mass is 10.1. The molecule has 0 saturated heterocycles. The van der Waals surface area contributed by atoms with Crippen molar-refractivity contribution in [2.24, 2.45) is 0 Å². The van der Waals surface area contributed by atoms with Gasteiger partial charge in [-0.15, -0.1) is 11.8 Å². The van der Waals surface area contributed by atoms with Crippen LogP contribution in [-0.4, -0.2) is 0 Å². The number of benzene rings is 2.